The molecule has 1 aliphatic carbocycles. The van der Waals surface area contributed by atoms with Gasteiger partial charge < -0.3 is 5.32 Å². The summed E-state index contributed by atoms with van der Waals surface area (Å²) >= 11 is 0. The van der Waals surface area contributed by atoms with Crippen molar-refractivity contribution < 1.29 is 0 Å². The van der Waals surface area contributed by atoms with Crippen LogP contribution in [0.15, 0.2) is 30.3 Å². The normalized spacial score (nSPS) is 24.4. The molecule has 1 aromatic carbocycles. The van der Waals surface area contributed by atoms with Crippen LogP contribution in [0.25, 0.3) is 16.5 Å². The van der Waals surface area contributed by atoms with E-state index in [1.807, 2.05) is 0 Å². The molecule has 0 spiro atoms. The van der Waals surface area contributed by atoms with E-state index in [-0.39, 0.29) is 0 Å². The SMILES string of the molecule is CCc1cc(C)nc2ccc(C3=CC4CC(C3)N4)cc12. The van der Waals surface area contributed by atoms with E-state index in [4.69, 9.17) is 0 Å². The first-order valence-corrected chi connectivity index (χ1v) is 7.60. The molecule has 3 aliphatic rings. The van der Waals surface area contributed by atoms with E-state index in [9.17, 15) is 0 Å². The molecule has 0 amide bonds. The number of nitrogens with one attached hydrogen (secondary N) is 1. The fourth-order valence-electron chi connectivity index (χ4n) is 3.57. The van der Waals surface area contributed by atoms with Crippen LogP contribution in [0.4, 0.5) is 0 Å². The molecule has 0 radical (unpaired) electrons. The lowest BCUT2D eigenvalue weighted by Gasteiger charge is -2.41. The van der Waals surface area contributed by atoms with Gasteiger partial charge in [-0.25, -0.2) is 0 Å². The van der Waals surface area contributed by atoms with E-state index in [1.54, 1.807) is 0 Å². The molecule has 2 nitrogen and oxygen atoms in total. The van der Waals surface area contributed by atoms with Gasteiger partial charge in [-0.05, 0) is 61.1 Å². The van der Waals surface area contributed by atoms with E-state index >= 15 is 0 Å². The Morgan fingerprint density at radius 2 is 2.15 bits per heavy atom. The predicted octanol–water partition coefficient (Wildman–Crippen LogP) is 3.62. The highest BCUT2D eigenvalue weighted by Gasteiger charge is 2.32. The Hall–Kier alpha value is -1.67. The molecule has 2 unspecified atom stereocenters. The molecule has 20 heavy (non-hydrogen) atoms. The molecule has 2 heteroatoms. The molecule has 2 bridgehead atoms. The van der Waals surface area contributed by atoms with Crippen molar-refractivity contribution in [1.29, 1.82) is 0 Å². The molecule has 1 aromatic heterocycles. The highest BCUT2D eigenvalue weighted by Crippen LogP contribution is 2.34. The van der Waals surface area contributed by atoms with Crippen LogP contribution in [-0.4, -0.2) is 17.1 Å². The Labute approximate surface area is 119 Å². The van der Waals surface area contributed by atoms with Crippen LogP contribution in [-0.2, 0) is 6.42 Å². The van der Waals surface area contributed by atoms with E-state index in [1.165, 1.54) is 34.9 Å². The van der Waals surface area contributed by atoms with Crippen LogP contribution in [0.5, 0.6) is 0 Å². The van der Waals surface area contributed by atoms with Gasteiger partial charge >= 0.3 is 0 Å². The standard InChI is InChI=1S/C18H20N2/c1-3-12-6-11(2)19-18-5-4-13(9-17(12)18)14-7-15-10-16(8-14)20-15/h4-7,9,15-16,20H,3,8,10H2,1-2H3. The van der Waals surface area contributed by atoms with Gasteiger partial charge in [-0.1, -0.05) is 19.1 Å². The van der Waals surface area contributed by atoms with Crippen molar-refractivity contribution in [1.82, 2.24) is 10.3 Å². The number of hydrogen-bond donors (Lipinski definition) is 1. The number of nitrogens with zero attached hydrogens (tertiary/aromatic N) is 1. The first kappa shape index (κ1) is 12.1. The number of benzene rings is 1. The Kier molecular flexibility index (Phi) is 2.67. The monoisotopic (exact) mass is 264 g/mol. The molecular formula is C18H20N2. The van der Waals surface area contributed by atoms with Gasteiger partial charge in [0.1, 0.15) is 0 Å². The van der Waals surface area contributed by atoms with Gasteiger partial charge in [0.15, 0.2) is 0 Å². The second kappa shape index (κ2) is 4.42. The van der Waals surface area contributed by atoms with Gasteiger partial charge in [0.05, 0.1) is 5.52 Å². The molecule has 1 N–H and O–H groups in total. The summed E-state index contributed by atoms with van der Waals surface area (Å²) in [4.78, 5) is 4.66. The van der Waals surface area contributed by atoms with Gasteiger partial charge in [-0.15, -0.1) is 0 Å². The number of aryl methyl sites for hydroxylation is 2. The average molecular weight is 264 g/mol. The summed E-state index contributed by atoms with van der Waals surface area (Å²) in [6.45, 7) is 4.30. The predicted molar refractivity (Wildman–Crippen MR) is 83.8 cm³/mol. The van der Waals surface area contributed by atoms with Crippen LogP contribution in [0.1, 0.15) is 36.6 Å². The lowest BCUT2D eigenvalue weighted by Crippen LogP contribution is -2.53. The van der Waals surface area contributed by atoms with Gasteiger partial charge in [0.25, 0.3) is 0 Å². The topological polar surface area (TPSA) is 24.9 Å². The lowest BCUT2D eigenvalue weighted by molar-refractivity contribution is 0.298. The number of pyridine rings is 1. The molecule has 3 heterocycles. The van der Waals surface area contributed by atoms with E-state index in [0.29, 0.717) is 12.1 Å². The summed E-state index contributed by atoms with van der Waals surface area (Å²) in [7, 11) is 0. The molecule has 2 aliphatic heterocycles. The smallest absolute Gasteiger partial charge is 0.0708 e. The van der Waals surface area contributed by atoms with Crippen molar-refractivity contribution in [2.24, 2.45) is 0 Å². The Bertz CT molecular complexity index is 709. The molecule has 1 saturated heterocycles. The zero-order chi connectivity index (χ0) is 13.7. The maximum atomic E-state index is 4.66. The average Bonchev–Trinajstić information content (AvgIpc) is 2.45. The summed E-state index contributed by atoms with van der Waals surface area (Å²) < 4.78 is 0. The summed E-state index contributed by atoms with van der Waals surface area (Å²) in [5.41, 5.74) is 6.55. The molecule has 1 fully saturated rings. The molecule has 102 valence electrons. The molecule has 2 aromatic rings. The fourth-order valence-corrected chi connectivity index (χ4v) is 3.57. The Balaban J connectivity index is 1.84. The van der Waals surface area contributed by atoms with E-state index < -0.39 is 0 Å². The molecule has 2 atom stereocenters. The largest absolute Gasteiger partial charge is 0.307 e. The van der Waals surface area contributed by atoms with Crippen molar-refractivity contribution in [2.45, 2.75) is 45.2 Å². The summed E-state index contributed by atoms with van der Waals surface area (Å²) in [6, 6.07) is 10.3. The summed E-state index contributed by atoms with van der Waals surface area (Å²) in [5, 5.41) is 4.88. The zero-order valence-electron chi connectivity index (χ0n) is 12.1. The Morgan fingerprint density at radius 3 is 2.85 bits per heavy atom. The molecule has 0 saturated carbocycles. The second-order valence-electron chi connectivity index (χ2n) is 6.11. The maximum Gasteiger partial charge on any atom is 0.0708 e. The minimum Gasteiger partial charge on any atom is -0.307 e. The van der Waals surface area contributed by atoms with Crippen LogP contribution in [0.2, 0.25) is 0 Å². The number of aromatic nitrogens is 1. The van der Waals surface area contributed by atoms with E-state index in [0.717, 1.165) is 17.6 Å². The summed E-state index contributed by atoms with van der Waals surface area (Å²) in [5.74, 6) is 0. The number of hydrogen-bond acceptors (Lipinski definition) is 2. The third-order valence-corrected chi connectivity index (χ3v) is 4.63. The van der Waals surface area contributed by atoms with Crippen LogP contribution >= 0.6 is 0 Å². The second-order valence-corrected chi connectivity index (χ2v) is 6.11. The van der Waals surface area contributed by atoms with Crippen LogP contribution in [0, 0.1) is 6.92 Å². The van der Waals surface area contributed by atoms with Crippen molar-refractivity contribution in [3.63, 3.8) is 0 Å². The zero-order valence-corrected chi connectivity index (χ0v) is 12.1. The summed E-state index contributed by atoms with van der Waals surface area (Å²) in [6.07, 6.45) is 5.96. The Morgan fingerprint density at radius 1 is 1.30 bits per heavy atom. The van der Waals surface area contributed by atoms with Gasteiger partial charge in [0.2, 0.25) is 0 Å². The van der Waals surface area contributed by atoms with Gasteiger partial charge in [-0.2, -0.15) is 0 Å². The minimum atomic E-state index is 0.612. The highest BCUT2D eigenvalue weighted by atomic mass is 15.0. The molecular weight excluding hydrogens is 244 g/mol. The lowest BCUT2D eigenvalue weighted by atomic mass is 9.81. The van der Waals surface area contributed by atoms with Crippen molar-refractivity contribution in [2.75, 3.05) is 0 Å². The van der Waals surface area contributed by atoms with Crippen molar-refractivity contribution >= 4 is 16.5 Å². The maximum absolute atomic E-state index is 4.66. The van der Waals surface area contributed by atoms with Crippen LogP contribution < -0.4 is 5.32 Å². The van der Waals surface area contributed by atoms with Gasteiger partial charge in [0, 0.05) is 23.2 Å². The van der Waals surface area contributed by atoms with E-state index in [2.05, 4.69) is 54.5 Å². The highest BCUT2D eigenvalue weighted by molar-refractivity contribution is 5.86. The first-order valence-electron chi connectivity index (χ1n) is 7.60. The number of fused-ring (bicyclic) bond motifs is 2. The first-order chi connectivity index (χ1) is 9.72. The van der Waals surface area contributed by atoms with Crippen molar-refractivity contribution in [3.05, 3.63) is 47.2 Å². The van der Waals surface area contributed by atoms with Crippen LogP contribution in [0.3, 0.4) is 0 Å². The minimum absolute atomic E-state index is 0.612. The fraction of sp³-hybridized carbons (Fsp3) is 0.389. The third kappa shape index (κ3) is 1.87. The number of rotatable bonds is 2. The third-order valence-electron chi connectivity index (χ3n) is 4.63. The van der Waals surface area contributed by atoms with Gasteiger partial charge in [-0.3, -0.25) is 4.98 Å². The molecule has 5 rings (SSSR count). The quantitative estimate of drug-likeness (QED) is 0.896. The van der Waals surface area contributed by atoms with Crippen molar-refractivity contribution in [3.8, 4) is 0 Å².